The molecule has 0 fully saturated rings. The van der Waals surface area contributed by atoms with Crippen molar-refractivity contribution in [3.8, 4) is 0 Å². The van der Waals surface area contributed by atoms with Crippen LogP contribution in [0.3, 0.4) is 0 Å². The van der Waals surface area contributed by atoms with E-state index in [1.165, 1.54) is 0 Å². The molecule has 13 N–H and O–H groups in total. The third-order valence-electron chi connectivity index (χ3n) is 0. The van der Waals surface area contributed by atoms with E-state index in [-0.39, 0.29) is 51.8 Å². The standard InChI is InChI=1S/H3O4P.5H2O.Sb/c1-5(2,3)4;;;;;;/h(H3,1,2,3,4);5*1H2;. The number of phosphoric acid groups is 1. The van der Waals surface area contributed by atoms with Gasteiger partial charge >= 0.3 is 7.82 Å². The van der Waals surface area contributed by atoms with Gasteiger partial charge in [-0.3, -0.25) is 0 Å². The fourth-order valence-electron chi connectivity index (χ4n) is 0. The van der Waals surface area contributed by atoms with Crippen LogP contribution in [0.5, 0.6) is 0 Å². The molecule has 3 radical (unpaired) electrons. The van der Waals surface area contributed by atoms with E-state index in [0.717, 1.165) is 0 Å². The molecule has 0 aliphatic rings. The van der Waals surface area contributed by atoms with E-state index in [0.29, 0.717) is 0 Å². The Hall–Kier alpha value is 0.728. The summed E-state index contributed by atoms with van der Waals surface area (Å²) >= 11 is 0. The number of rotatable bonds is 0. The molecule has 0 heterocycles. The molecule has 0 bridgehead atoms. The maximum Gasteiger partial charge on any atom is 0.466 e. The van der Waals surface area contributed by atoms with Crippen LogP contribution in [-0.4, -0.2) is 66.5 Å². The monoisotopic (exact) mass is 309 g/mol. The maximum absolute atomic E-state index is 8.88. The average Bonchev–Trinajstić information content (AvgIpc) is 0.722. The van der Waals surface area contributed by atoms with Crippen molar-refractivity contribution in [3.63, 3.8) is 0 Å². The molecule has 0 rings (SSSR count). The Morgan fingerprint density at radius 2 is 0.727 bits per heavy atom. The second kappa shape index (κ2) is 22.4. The summed E-state index contributed by atoms with van der Waals surface area (Å²) in [5.41, 5.74) is 0. The quantitative estimate of drug-likeness (QED) is 0.293. The smallest absolute Gasteiger partial charge is 0.412 e. The zero-order valence-electron chi connectivity index (χ0n) is 5.14. The normalized spacial score (nSPS) is 5.36. The first-order valence-electron chi connectivity index (χ1n) is 0.783. The largest absolute Gasteiger partial charge is 0.466 e. The molecule has 0 saturated carbocycles. The predicted molar refractivity (Wildman–Crippen MR) is 38.1 cm³/mol. The minimum Gasteiger partial charge on any atom is -0.412 e. The Morgan fingerprint density at radius 3 is 0.727 bits per heavy atom. The van der Waals surface area contributed by atoms with Gasteiger partial charge in [0.1, 0.15) is 0 Å². The average molecular weight is 310 g/mol. The van der Waals surface area contributed by atoms with Crippen molar-refractivity contribution < 1.29 is 46.6 Å². The molecule has 0 spiro atoms. The molecular weight excluding hydrogens is 297 g/mol. The molecule has 11 heteroatoms. The molecule has 0 atom stereocenters. The number of hydrogen-bond acceptors (Lipinski definition) is 1. The topological polar surface area (TPSA) is 235 Å². The van der Waals surface area contributed by atoms with Crippen LogP contribution in [0.2, 0.25) is 0 Å². The minimum atomic E-state index is -4.64. The van der Waals surface area contributed by atoms with Crippen LogP contribution < -0.4 is 0 Å². The van der Waals surface area contributed by atoms with Gasteiger partial charge < -0.3 is 42.1 Å². The molecule has 0 unspecified atom stereocenters. The van der Waals surface area contributed by atoms with Crippen molar-refractivity contribution in [3.05, 3.63) is 0 Å². The fraction of sp³-hybridized carbons (Fsp3) is 0. The Morgan fingerprint density at radius 1 is 0.727 bits per heavy atom. The zero-order chi connectivity index (χ0) is 4.50. The van der Waals surface area contributed by atoms with Crippen molar-refractivity contribution in [2.45, 2.75) is 0 Å². The molecule has 0 aromatic carbocycles. The predicted octanol–water partition coefficient (Wildman–Crippen LogP) is -5.43. The summed E-state index contributed by atoms with van der Waals surface area (Å²) in [5, 5.41) is 0. The first-order valence-corrected chi connectivity index (χ1v) is 2.35. The SMILES string of the molecule is O.O.O.O.O.O=P(O)(O)O.[Sb]. The van der Waals surface area contributed by atoms with E-state index >= 15 is 0 Å². The second-order valence-electron chi connectivity index (χ2n) is 0.513. The molecule has 0 amide bonds. The van der Waals surface area contributed by atoms with Crippen LogP contribution >= 0.6 is 7.82 Å². The summed E-state index contributed by atoms with van der Waals surface area (Å²) < 4.78 is 8.88. The molecule has 0 aliphatic heterocycles. The third kappa shape index (κ3) is 1540. The van der Waals surface area contributed by atoms with Gasteiger partial charge in [0.25, 0.3) is 0 Å². The van der Waals surface area contributed by atoms with E-state index in [2.05, 4.69) is 0 Å². The van der Waals surface area contributed by atoms with Gasteiger partial charge in [0.2, 0.25) is 0 Å². The number of hydrogen-bond donors (Lipinski definition) is 3. The first-order chi connectivity index (χ1) is 2.00. The van der Waals surface area contributed by atoms with Crippen LogP contribution in [0.25, 0.3) is 0 Å². The Kier molecular flexibility index (Phi) is 123. The van der Waals surface area contributed by atoms with Gasteiger partial charge in [0.05, 0.1) is 0 Å². The van der Waals surface area contributed by atoms with Crippen molar-refractivity contribution in [1.82, 2.24) is 0 Å². The second-order valence-corrected chi connectivity index (χ2v) is 1.54. The molecule has 9 nitrogen and oxygen atoms in total. The van der Waals surface area contributed by atoms with Gasteiger partial charge in [-0.1, -0.05) is 0 Å². The Labute approximate surface area is 79.3 Å². The molecule has 0 aromatic rings. The summed E-state index contributed by atoms with van der Waals surface area (Å²) in [6.45, 7) is 0. The third-order valence-corrected chi connectivity index (χ3v) is 0. The molecule has 0 aromatic heterocycles. The van der Waals surface area contributed by atoms with E-state index in [1.54, 1.807) is 0 Å². The summed E-state index contributed by atoms with van der Waals surface area (Å²) in [6.07, 6.45) is 0. The summed E-state index contributed by atoms with van der Waals surface area (Å²) in [6, 6.07) is 0. The fourth-order valence-corrected chi connectivity index (χ4v) is 0. The minimum absolute atomic E-state index is 0. The first kappa shape index (κ1) is 60.4. The molecule has 11 heavy (non-hydrogen) atoms. The van der Waals surface area contributed by atoms with Gasteiger partial charge in [-0.25, -0.2) is 4.57 Å². The van der Waals surface area contributed by atoms with Crippen LogP contribution in [0.15, 0.2) is 0 Å². The van der Waals surface area contributed by atoms with Gasteiger partial charge in [-0.15, -0.1) is 0 Å². The van der Waals surface area contributed by atoms with E-state index in [1.807, 2.05) is 0 Å². The van der Waals surface area contributed by atoms with Gasteiger partial charge in [-0.2, -0.15) is 0 Å². The van der Waals surface area contributed by atoms with Gasteiger partial charge in [0, 0.05) is 24.4 Å². The van der Waals surface area contributed by atoms with E-state index in [9.17, 15) is 0 Å². The summed E-state index contributed by atoms with van der Waals surface area (Å²) in [5.74, 6) is 0. The molecule has 0 saturated heterocycles. The molecule has 0 aliphatic carbocycles. The van der Waals surface area contributed by atoms with Crippen molar-refractivity contribution in [2.24, 2.45) is 0 Å². The van der Waals surface area contributed by atoms with Crippen molar-refractivity contribution >= 4 is 32.3 Å². The van der Waals surface area contributed by atoms with Crippen LogP contribution in [0.4, 0.5) is 0 Å². The Balaban J connectivity index is -0.00000000533. The van der Waals surface area contributed by atoms with Gasteiger partial charge in [0.15, 0.2) is 0 Å². The van der Waals surface area contributed by atoms with Crippen molar-refractivity contribution in [2.75, 3.05) is 0 Å². The van der Waals surface area contributed by atoms with E-state index < -0.39 is 7.82 Å². The maximum atomic E-state index is 8.88. The van der Waals surface area contributed by atoms with Crippen LogP contribution in [-0.2, 0) is 4.57 Å². The Bertz CT molecular complexity index is 55.7. The van der Waals surface area contributed by atoms with E-state index in [4.69, 9.17) is 19.2 Å². The van der Waals surface area contributed by atoms with Crippen molar-refractivity contribution in [1.29, 1.82) is 0 Å². The zero-order valence-corrected chi connectivity index (χ0v) is 8.59. The summed E-state index contributed by atoms with van der Waals surface area (Å²) in [4.78, 5) is 21.6. The molecular formula is H13O9PSb. The van der Waals surface area contributed by atoms with Crippen LogP contribution in [0, 0.1) is 0 Å². The van der Waals surface area contributed by atoms with Gasteiger partial charge in [-0.05, 0) is 0 Å². The summed E-state index contributed by atoms with van der Waals surface area (Å²) in [7, 11) is -4.64. The molecule has 77 valence electrons. The van der Waals surface area contributed by atoms with Crippen LogP contribution in [0.1, 0.15) is 0 Å².